The minimum absolute atomic E-state index is 0.0755. The second-order valence-electron chi connectivity index (χ2n) is 6.57. The molecule has 0 bridgehead atoms. The van der Waals surface area contributed by atoms with Crippen molar-refractivity contribution in [3.8, 4) is 0 Å². The molecule has 2 amide bonds. The number of urea groups is 1. The Bertz CT molecular complexity index is 741. The lowest BCUT2D eigenvalue weighted by Crippen LogP contribution is -2.42. The number of benzene rings is 1. The van der Waals surface area contributed by atoms with E-state index in [2.05, 4.69) is 29.5 Å². The van der Waals surface area contributed by atoms with Crippen molar-refractivity contribution in [1.29, 1.82) is 0 Å². The Balaban J connectivity index is 1.58. The quantitative estimate of drug-likeness (QED) is 0.895. The zero-order valence-corrected chi connectivity index (χ0v) is 15.1. The molecule has 134 valence electrons. The van der Waals surface area contributed by atoms with E-state index in [1.54, 1.807) is 6.20 Å². The molecule has 3 rings (SSSR count). The molecule has 0 aliphatic carbocycles. The summed E-state index contributed by atoms with van der Waals surface area (Å²) in [7, 11) is 1.96. The zero-order chi connectivity index (χ0) is 17.8. The fourth-order valence-electron chi connectivity index (χ4n) is 3.28. The molecule has 0 unspecified atom stereocenters. The van der Waals surface area contributed by atoms with E-state index in [0.29, 0.717) is 6.61 Å². The van der Waals surface area contributed by atoms with Crippen LogP contribution in [0.2, 0.25) is 0 Å². The molecule has 2 N–H and O–H groups in total. The minimum Gasteiger partial charge on any atom is -0.370 e. The highest BCUT2D eigenvalue weighted by atomic mass is 16.5. The Morgan fingerprint density at radius 2 is 2.28 bits per heavy atom. The number of ether oxygens (including phenoxy) is 1. The Morgan fingerprint density at radius 1 is 1.44 bits per heavy atom. The van der Waals surface area contributed by atoms with Gasteiger partial charge in [-0.15, -0.1) is 0 Å². The second-order valence-corrected chi connectivity index (χ2v) is 6.57. The van der Waals surface area contributed by atoms with Crippen molar-refractivity contribution in [3.63, 3.8) is 0 Å². The highest BCUT2D eigenvalue weighted by molar-refractivity contribution is 5.89. The van der Waals surface area contributed by atoms with Crippen LogP contribution in [0.15, 0.2) is 30.6 Å². The first-order valence-electron chi connectivity index (χ1n) is 8.82. The molecule has 1 aliphatic rings. The number of aromatic nitrogens is 2. The van der Waals surface area contributed by atoms with Crippen molar-refractivity contribution in [1.82, 2.24) is 14.9 Å². The van der Waals surface area contributed by atoms with Crippen LogP contribution < -0.4 is 10.6 Å². The zero-order valence-electron chi connectivity index (χ0n) is 15.1. The van der Waals surface area contributed by atoms with Crippen LogP contribution in [0.1, 0.15) is 42.8 Å². The van der Waals surface area contributed by atoms with Crippen LogP contribution >= 0.6 is 0 Å². The van der Waals surface area contributed by atoms with Crippen LogP contribution in [0.3, 0.4) is 0 Å². The van der Waals surface area contributed by atoms with Crippen molar-refractivity contribution in [3.05, 3.63) is 47.5 Å². The first-order valence-corrected chi connectivity index (χ1v) is 8.82. The topological polar surface area (TPSA) is 68.2 Å². The van der Waals surface area contributed by atoms with Crippen molar-refractivity contribution in [2.24, 2.45) is 7.05 Å². The Hall–Kier alpha value is -2.34. The molecule has 25 heavy (non-hydrogen) atoms. The summed E-state index contributed by atoms with van der Waals surface area (Å²) in [5.74, 6) is 0.901. The maximum atomic E-state index is 12.3. The Kier molecular flexibility index (Phi) is 5.38. The van der Waals surface area contributed by atoms with E-state index in [9.17, 15) is 4.79 Å². The number of anilines is 1. The van der Waals surface area contributed by atoms with Gasteiger partial charge in [0.05, 0.1) is 0 Å². The van der Waals surface area contributed by atoms with Gasteiger partial charge in [-0.05, 0) is 43.0 Å². The molecule has 6 nitrogen and oxygen atoms in total. The van der Waals surface area contributed by atoms with Crippen LogP contribution in [-0.4, -0.2) is 28.2 Å². The molecule has 1 aromatic heterocycles. The summed E-state index contributed by atoms with van der Waals surface area (Å²) in [4.78, 5) is 16.7. The van der Waals surface area contributed by atoms with E-state index in [-0.39, 0.29) is 18.2 Å². The Labute approximate surface area is 148 Å². The molecule has 2 heterocycles. The molecule has 0 radical (unpaired) electrons. The standard InChI is InChI=1S/C19H26N4O2/c1-4-14-11-15(6-5-13(14)2)21-19(24)22-16-7-10-25-17(12-16)18-20-8-9-23(18)3/h5-6,8-9,11,16-17H,4,7,10,12H2,1-3H3,(H2,21,22,24)/t16-,17+/m1/s1. The number of nitrogens with zero attached hydrogens (tertiary/aromatic N) is 2. The van der Waals surface area contributed by atoms with Gasteiger partial charge in [-0.25, -0.2) is 9.78 Å². The van der Waals surface area contributed by atoms with Crippen LogP contribution in [-0.2, 0) is 18.2 Å². The number of nitrogens with one attached hydrogen (secondary N) is 2. The molecule has 2 atom stereocenters. The molecular formula is C19H26N4O2. The average Bonchev–Trinajstić information content (AvgIpc) is 3.03. The van der Waals surface area contributed by atoms with Gasteiger partial charge in [0.15, 0.2) is 0 Å². The molecule has 1 aliphatic heterocycles. The van der Waals surface area contributed by atoms with Gasteiger partial charge < -0.3 is 19.9 Å². The largest absolute Gasteiger partial charge is 0.370 e. The van der Waals surface area contributed by atoms with E-state index in [1.807, 2.05) is 36.0 Å². The molecule has 0 saturated carbocycles. The number of amides is 2. The summed E-state index contributed by atoms with van der Waals surface area (Å²) in [5, 5.41) is 6.00. The molecular weight excluding hydrogens is 316 g/mol. The summed E-state index contributed by atoms with van der Waals surface area (Å²) in [5.41, 5.74) is 3.32. The van der Waals surface area contributed by atoms with Crippen LogP contribution in [0, 0.1) is 6.92 Å². The first-order chi connectivity index (χ1) is 12.1. The van der Waals surface area contributed by atoms with Crippen molar-refractivity contribution >= 4 is 11.7 Å². The van der Waals surface area contributed by atoms with E-state index in [0.717, 1.165) is 30.8 Å². The number of aryl methyl sites for hydroxylation is 3. The van der Waals surface area contributed by atoms with E-state index >= 15 is 0 Å². The second kappa shape index (κ2) is 7.70. The highest BCUT2D eigenvalue weighted by Gasteiger charge is 2.27. The molecule has 0 spiro atoms. The number of rotatable bonds is 4. The number of carbonyl (C=O) groups is 1. The molecule has 6 heteroatoms. The third-order valence-electron chi connectivity index (χ3n) is 4.75. The molecule has 1 saturated heterocycles. The number of hydrogen-bond acceptors (Lipinski definition) is 3. The van der Waals surface area contributed by atoms with Gasteiger partial charge in [-0.2, -0.15) is 0 Å². The van der Waals surface area contributed by atoms with Gasteiger partial charge >= 0.3 is 6.03 Å². The van der Waals surface area contributed by atoms with Crippen molar-refractivity contribution in [2.75, 3.05) is 11.9 Å². The van der Waals surface area contributed by atoms with E-state index < -0.39 is 0 Å². The van der Waals surface area contributed by atoms with Crippen LogP contribution in [0.5, 0.6) is 0 Å². The van der Waals surface area contributed by atoms with Gasteiger partial charge in [0.1, 0.15) is 11.9 Å². The van der Waals surface area contributed by atoms with Crippen molar-refractivity contribution in [2.45, 2.75) is 45.3 Å². The van der Waals surface area contributed by atoms with Gasteiger partial charge in [-0.3, -0.25) is 0 Å². The highest BCUT2D eigenvalue weighted by Crippen LogP contribution is 2.26. The predicted molar refractivity (Wildman–Crippen MR) is 97.6 cm³/mol. The van der Waals surface area contributed by atoms with Gasteiger partial charge in [0, 0.05) is 44.2 Å². The van der Waals surface area contributed by atoms with Crippen LogP contribution in [0.4, 0.5) is 10.5 Å². The fourth-order valence-corrected chi connectivity index (χ4v) is 3.28. The third-order valence-corrected chi connectivity index (χ3v) is 4.75. The number of hydrogen-bond donors (Lipinski definition) is 2. The average molecular weight is 342 g/mol. The summed E-state index contributed by atoms with van der Waals surface area (Å²) >= 11 is 0. The van der Waals surface area contributed by atoms with Crippen molar-refractivity contribution < 1.29 is 9.53 Å². The molecule has 1 fully saturated rings. The lowest BCUT2D eigenvalue weighted by Gasteiger charge is -2.29. The minimum atomic E-state index is -0.170. The Morgan fingerprint density at radius 3 is 3.00 bits per heavy atom. The maximum Gasteiger partial charge on any atom is 0.319 e. The summed E-state index contributed by atoms with van der Waals surface area (Å²) in [6.45, 7) is 4.82. The van der Waals surface area contributed by atoms with Gasteiger partial charge in [0.25, 0.3) is 0 Å². The first kappa shape index (κ1) is 17.5. The van der Waals surface area contributed by atoms with Gasteiger partial charge in [0.2, 0.25) is 0 Å². The van der Waals surface area contributed by atoms with E-state index in [4.69, 9.17) is 4.74 Å². The smallest absolute Gasteiger partial charge is 0.319 e. The van der Waals surface area contributed by atoms with E-state index in [1.165, 1.54) is 11.1 Å². The number of carbonyl (C=O) groups excluding carboxylic acids is 1. The fraction of sp³-hybridized carbons (Fsp3) is 0.474. The lowest BCUT2D eigenvalue weighted by atomic mass is 10.0. The molecule has 1 aromatic carbocycles. The predicted octanol–water partition coefficient (Wildman–Crippen LogP) is 3.33. The maximum absolute atomic E-state index is 12.3. The summed E-state index contributed by atoms with van der Waals surface area (Å²) < 4.78 is 7.79. The lowest BCUT2D eigenvalue weighted by molar-refractivity contribution is -0.00410. The summed E-state index contributed by atoms with van der Waals surface area (Å²) in [6, 6.07) is 5.92. The monoisotopic (exact) mass is 342 g/mol. The van der Waals surface area contributed by atoms with Gasteiger partial charge in [-0.1, -0.05) is 13.0 Å². The SMILES string of the molecule is CCc1cc(NC(=O)N[C@@H]2CCO[C@H](c3nccn3C)C2)ccc1C. The summed E-state index contributed by atoms with van der Waals surface area (Å²) in [6.07, 6.45) is 6.09. The third kappa shape index (κ3) is 4.20. The van der Waals surface area contributed by atoms with Crippen LogP contribution in [0.25, 0.3) is 0 Å². The molecule has 2 aromatic rings. The number of imidazole rings is 1. The normalized spacial score (nSPS) is 20.3.